The Morgan fingerprint density at radius 2 is 1.67 bits per heavy atom. The molecule has 6 nitrogen and oxygen atoms in total. The first kappa shape index (κ1) is 13.9. The average molecular weight is 220 g/mol. The molecule has 0 spiro atoms. The summed E-state index contributed by atoms with van der Waals surface area (Å²) in [4.78, 5) is 20.9. The van der Waals surface area contributed by atoms with Gasteiger partial charge >= 0.3 is 11.9 Å². The highest BCUT2D eigenvalue weighted by Gasteiger charge is 2.25. The number of hydrogen-bond acceptors (Lipinski definition) is 3. The van der Waals surface area contributed by atoms with Gasteiger partial charge in [-0.3, -0.25) is 9.59 Å². The molecule has 15 heavy (non-hydrogen) atoms. The van der Waals surface area contributed by atoms with Crippen molar-refractivity contribution < 1.29 is 29.0 Å². The molecule has 0 amide bonds. The Hall–Kier alpha value is -1.14. The van der Waals surface area contributed by atoms with Gasteiger partial charge < -0.3 is 19.4 Å². The number of aliphatic carboxylic acids is 2. The van der Waals surface area contributed by atoms with Gasteiger partial charge in [0.15, 0.2) is 5.92 Å². The topological polar surface area (TPSA) is 83.8 Å². The van der Waals surface area contributed by atoms with E-state index in [9.17, 15) is 9.59 Å². The predicted molar refractivity (Wildman–Crippen MR) is 52.5 cm³/mol. The van der Waals surface area contributed by atoms with Crippen LogP contribution < -0.4 is 0 Å². The number of ether oxygens (including phenoxy) is 1. The van der Waals surface area contributed by atoms with E-state index in [1.54, 1.807) is 0 Å². The van der Waals surface area contributed by atoms with Crippen LogP contribution in [-0.4, -0.2) is 67.5 Å². The molecule has 0 aliphatic carbocycles. The third-order valence-electron chi connectivity index (χ3n) is 1.79. The Morgan fingerprint density at radius 1 is 1.20 bits per heavy atom. The lowest BCUT2D eigenvalue weighted by Gasteiger charge is -2.23. The fourth-order valence-corrected chi connectivity index (χ4v) is 0.788. The maximum Gasteiger partial charge on any atom is 0.320 e. The summed E-state index contributed by atoms with van der Waals surface area (Å²) in [7, 11) is 5.90. The Balaban J connectivity index is 3.83. The number of likely N-dealkylation sites (N-methyl/N-ethyl adjacent to an activating group) is 1. The van der Waals surface area contributed by atoms with Gasteiger partial charge in [-0.15, -0.1) is 0 Å². The molecule has 0 saturated carbocycles. The summed E-state index contributed by atoms with van der Waals surface area (Å²) in [6.45, 7) is 0.761. The van der Waals surface area contributed by atoms with Crippen LogP contribution in [-0.2, 0) is 14.3 Å². The SMILES string of the molecule is C[N+](C)(C)CCOCC(C(=O)O)C(=O)O. The van der Waals surface area contributed by atoms with E-state index in [1.165, 1.54) is 0 Å². The van der Waals surface area contributed by atoms with Crippen LogP contribution in [0.25, 0.3) is 0 Å². The predicted octanol–water partition coefficient (Wildman–Crippen LogP) is -0.505. The zero-order valence-electron chi connectivity index (χ0n) is 9.27. The second kappa shape index (κ2) is 5.67. The van der Waals surface area contributed by atoms with Crippen molar-refractivity contribution >= 4 is 11.9 Å². The van der Waals surface area contributed by atoms with Crippen LogP contribution in [0.1, 0.15) is 0 Å². The van der Waals surface area contributed by atoms with E-state index in [4.69, 9.17) is 14.9 Å². The number of carboxylic acids is 2. The van der Waals surface area contributed by atoms with Crippen molar-refractivity contribution in [1.82, 2.24) is 0 Å². The maximum absolute atomic E-state index is 10.5. The largest absolute Gasteiger partial charge is 0.481 e. The fourth-order valence-electron chi connectivity index (χ4n) is 0.788. The molecule has 0 aromatic rings. The van der Waals surface area contributed by atoms with Crippen molar-refractivity contribution in [2.75, 3.05) is 40.9 Å². The van der Waals surface area contributed by atoms with Gasteiger partial charge in [0.1, 0.15) is 6.54 Å². The molecular formula is C9H18NO5+. The van der Waals surface area contributed by atoms with Crippen LogP contribution in [0.4, 0.5) is 0 Å². The Bertz CT molecular complexity index is 219. The third-order valence-corrected chi connectivity index (χ3v) is 1.79. The van der Waals surface area contributed by atoms with Gasteiger partial charge in [0.2, 0.25) is 0 Å². The molecular weight excluding hydrogens is 202 g/mol. The summed E-state index contributed by atoms with van der Waals surface area (Å²) in [5.41, 5.74) is 0. The summed E-state index contributed by atoms with van der Waals surface area (Å²) in [5, 5.41) is 17.1. The van der Waals surface area contributed by atoms with Crippen LogP contribution >= 0.6 is 0 Å². The van der Waals surface area contributed by atoms with Crippen molar-refractivity contribution in [2.45, 2.75) is 0 Å². The molecule has 0 aliphatic rings. The quantitative estimate of drug-likeness (QED) is 0.343. The van der Waals surface area contributed by atoms with Crippen LogP contribution in [0.3, 0.4) is 0 Å². The molecule has 0 bridgehead atoms. The summed E-state index contributed by atoms with van der Waals surface area (Å²) in [6, 6.07) is 0. The zero-order valence-corrected chi connectivity index (χ0v) is 9.27. The van der Waals surface area contributed by atoms with E-state index in [0.29, 0.717) is 17.6 Å². The van der Waals surface area contributed by atoms with Crippen molar-refractivity contribution in [3.8, 4) is 0 Å². The number of nitrogens with zero attached hydrogens (tertiary/aromatic N) is 1. The van der Waals surface area contributed by atoms with Crippen molar-refractivity contribution in [3.05, 3.63) is 0 Å². The number of carbonyl (C=O) groups is 2. The standard InChI is InChI=1S/C9H17NO5/c1-10(2,3)4-5-15-6-7(8(11)12)9(13)14/h7H,4-6H2,1-3H3,(H-,11,12,13,14)/p+1. The Kier molecular flexibility index (Phi) is 5.24. The van der Waals surface area contributed by atoms with Gasteiger partial charge in [0.25, 0.3) is 0 Å². The van der Waals surface area contributed by atoms with Crippen molar-refractivity contribution in [3.63, 3.8) is 0 Å². The summed E-state index contributed by atoms with van der Waals surface area (Å²) in [5.74, 6) is -4.21. The van der Waals surface area contributed by atoms with Crippen molar-refractivity contribution in [1.29, 1.82) is 0 Å². The van der Waals surface area contributed by atoms with Gasteiger partial charge in [-0.05, 0) is 0 Å². The second-order valence-electron chi connectivity index (χ2n) is 4.32. The number of quaternary nitrogens is 1. The minimum atomic E-state index is -1.47. The molecule has 0 saturated heterocycles. The minimum absolute atomic E-state index is 0.287. The molecule has 0 unspecified atom stereocenters. The van der Waals surface area contributed by atoms with Crippen LogP contribution in [0, 0.1) is 5.92 Å². The molecule has 88 valence electrons. The highest BCUT2D eigenvalue weighted by atomic mass is 16.5. The molecule has 0 rings (SSSR count). The van der Waals surface area contributed by atoms with E-state index in [2.05, 4.69) is 0 Å². The molecule has 0 atom stereocenters. The van der Waals surface area contributed by atoms with Crippen molar-refractivity contribution in [2.24, 2.45) is 5.92 Å². The lowest BCUT2D eigenvalue weighted by molar-refractivity contribution is -0.870. The van der Waals surface area contributed by atoms with Crippen LogP contribution in [0.2, 0.25) is 0 Å². The highest BCUT2D eigenvalue weighted by molar-refractivity contribution is 5.92. The minimum Gasteiger partial charge on any atom is -0.481 e. The summed E-state index contributed by atoms with van der Waals surface area (Å²) in [6.07, 6.45) is 0. The first-order valence-corrected chi connectivity index (χ1v) is 4.58. The van der Waals surface area contributed by atoms with Gasteiger partial charge in [-0.25, -0.2) is 0 Å². The third kappa shape index (κ3) is 6.87. The average Bonchev–Trinajstić information content (AvgIpc) is 2.00. The summed E-state index contributed by atoms with van der Waals surface area (Å²) >= 11 is 0. The van der Waals surface area contributed by atoms with Crippen LogP contribution in [0.5, 0.6) is 0 Å². The van der Waals surface area contributed by atoms with E-state index in [-0.39, 0.29) is 6.61 Å². The van der Waals surface area contributed by atoms with E-state index < -0.39 is 17.9 Å². The monoisotopic (exact) mass is 220 g/mol. The highest BCUT2D eigenvalue weighted by Crippen LogP contribution is 1.99. The molecule has 6 heteroatoms. The van der Waals surface area contributed by atoms with E-state index in [1.807, 2.05) is 21.1 Å². The number of rotatable bonds is 7. The maximum atomic E-state index is 10.5. The summed E-state index contributed by atoms with van der Waals surface area (Å²) < 4.78 is 5.70. The van der Waals surface area contributed by atoms with Gasteiger partial charge in [0.05, 0.1) is 34.4 Å². The molecule has 2 N–H and O–H groups in total. The molecule has 0 fully saturated rings. The fraction of sp³-hybridized carbons (Fsp3) is 0.778. The van der Waals surface area contributed by atoms with E-state index >= 15 is 0 Å². The van der Waals surface area contributed by atoms with Gasteiger partial charge in [-0.2, -0.15) is 0 Å². The molecule has 0 heterocycles. The second-order valence-corrected chi connectivity index (χ2v) is 4.32. The molecule has 0 aliphatic heterocycles. The first-order valence-electron chi connectivity index (χ1n) is 4.58. The normalized spacial score (nSPS) is 11.7. The van der Waals surface area contributed by atoms with Gasteiger partial charge in [-0.1, -0.05) is 0 Å². The first-order chi connectivity index (χ1) is 6.74. The number of carboxylic acid groups (broad SMARTS) is 2. The van der Waals surface area contributed by atoms with E-state index in [0.717, 1.165) is 0 Å². The lowest BCUT2D eigenvalue weighted by atomic mass is 10.2. The Morgan fingerprint density at radius 3 is 2.00 bits per heavy atom. The van der Waals surface area contributed by atoms with Crippen LogP contribution in [0.15, 0.2) is 0 Å². The zero-order chi connectivity index (χ0) is 12.1. The molecule has 0 aromatic carbocycles. The van der Waals surface area contributed by atoms with Gasteiger partial charge in [0, 0.05) is 0 Å². The molecule has 0 radical (unpaired) electrons. The number of hydrogen-bond donors (Lipinski definition) is 2. The molecule has 0 aromatic heterocycles. The lowest BCUT2D eigenvalue weighted by Crippen LogP contribution is -2.38. The Labute approximate surface area is 88.7 Å². The smallest absolute Gasteiger partial charge is 0.320 e.